The van der Waals surface area contributed by atoms with Crippen molar-refractivity contribution in [2.24, 2.45) is 0 Å². The maximum atomic E-state index is 14.1. The summed E-state index contributed by atoms with van der Waals surface area (Å²) < 4.78 is 66.8. The van der Waals surface area contributed by atoms with E-state index in [2.05, 4.69) is 15.4 Å². The number of hydrogen-bond acceptors (Lipinski definition) is 3. The molecule has 2 aromatic heterocycles. The van der Waals surface area contributed by atoms with E-state index in [1.165, 1.54) is 12.1 Å². The highest BCUT2D eigenvalue weighted by molar-refractivity contribution is 5.38. The van der Waals surface area contributed by atoms with Gasteiger partial charge in [-0.15, -0.1) is 0 Å². The number of aryl methyl sites for hydroxylation is 1. The Bertz CT molecular complexity index is 995. The van der Waals surface area contributed by atoms with Crippen LogP contribution in [0.25, 0.3) is 5.69 Å². The molecule has 1 aromatic carbocycles. The van der Waals surface area contributed by atoms with Crippen LogP contribution in [0.5, 0.6) is 0 Å². The van der Waals surface area contributed by atoms with Crippen LogP contribution in [0.4, 0.5) is 22.0 Å². The van der Waals surface area contributed by atoms with Gasteiger partial charge in [-0.25, -0.2) is 18.4 Å². The molecule has 9 heteroatoms. The monoisotopic (exact) mass is 394 g/mol. The first-order chi connectivity index (χ1) is 13.3. The third kappa shape index (κ3) is 3.62. The third-order valence-electron chi connectivity index (χ3n) is 4.71. The van der Waals surface area contributed by atoms with Crippen LogP contribution in [0.2, 0.25) is 0 Å². The van der Waals surface area contributed by atoms with Crippen molar-refractivity contribution in [3.05, 3.63) is 76.9 Å². The molecule has 1 N–H and O–H groups in total. The van der Waals surface area contributed by atoms with Crippen molar-refractivity contribution in [2.75, 3.05) is 0 Å². The summed E-state index contributed by atoms with van der Waals surface area (Å²) in [6.07, 6.45) is -1.18. The fraction of sp³-hybridized carbons (Fsp3) is 0.263. The molecule has 2 heterocycles. The average molecular weight is 394 g/mol. The lowest BCUT2D eigenvalue weighted by molar-refractivity contribution is -0.141. The van der Waals surface area contributed by atoms with E-state index in [4.69, 9.17) is 0 Å². The highest BCUT2D eigenvalue weighted by Gasteiger charge is 2.34. The average Bonchev–Trinajstić information content (AvgIpc) is 3.22. The zero-order valence-electron chi connectivity index (χ0n) is 14.5. The molecule has 28 heavy (non-hydrogen) atoms. The molecule has 1 aliphatic carbocycles. The molecule has 0 spiro atoms. The van der Waals surface area contributed by atoms with E-state index in [9.17, 15) is 22.0 Å². The third-order valence-corrected chi connectivity index (χ3v) is 4.71. The van der Waals surface area contributed by atoms with Crippen molar-refractivity contribution >= 4 is 0 Å². The Morgan fingerprint density at radius 3 is 2.61 bits per heavy atom. The highest BCUT2D eigenvalue weighted by atomic mass is 19.4. The first-order valence-electron chi connectivity index (χ1n) is 8.60. The summed E-state index contributed by atoms with van der Waals surface area (Å²) in [4.78, 5) is 3.10. The molecule has 0 saturated carbocycles. The Labute approximate surface area is 157 Å². The second-order valence-electron chi connectivity index (χ2n) is 6.59. The zero-order valence-corrected chi connectivity index (χ0v) is 14.5. The Kier molecular flexibility index (Phi) is 4.62. The zero-order chi connectivity index (χ0) is 19.9. The largest absolute Gasteiger partial charge is 0.433 e. The topological polar surface area (TPSA) is 42.7 Å². The summed E-state index contributed by atoms with van der Waals surface area (Å²) in [7, 11) is 0. The Hall–Kier alpha value is -2.81. The molecule has 0 bridgehead atoms. The summed E-state index contributed by atoms with van der Waals surface area (Å²) in [5.41, 5.74) is 0.949. The van der Waals surface area contributed by atoms with Crippen LogP contribution in [0.3, 0.4) is 0 Å². The molecule has 4 nitrogen and oxygen atoms in total. The number of halogens is 5. The lowest BCUT2D eigenvalue weighted by Gasteiger charge is -2.13. The van der Waals surface area contributed by atoms with E-state index in [0.717, 1.165) is 22.2 Å². The quantitative estimate of drug-likeness (QED) is 0.670. The number of pyridine rings is 1. The van der Waals surface area contributed by atoms with Gasteiger partial charge in [-0.05, 0) is 36.6 Å². The fourth-order valence-corrected chi connectivity index (χ4v) is 3.28. The number of benzene rings is 1. The molecule has 0 fully saturated rings. The van der Waals surface area contributed by atoms with E-state index in [-0.39, 0.29) is 17.5 Å². The Morgan fingerprint density at radius 1 is 1.14 bits per heavy atom. The molecule has 0 radical (unpaired) electrons. The molecule has 0 saturated heterocycles. The van der Waals surface area contributed by atoms with Gasteiger partial charge in [-0.3, -0.25) is 0 Å². The number of nitrogens with zero attached hydrogens (tertiary/aromatic N) is 3. The van der Waals surface area contributed by atoms with Crippen LogP contribution in [0.15, 0.2) is 42.7 Å². The summed E-state index contributed by atoms with van der Waals surface area (Å²) in [5.74, 6) is -1.20. The van der Waals surface area contributed by atoms with E-state index in [1.807, 2.05) is 0 Å². The summed E-state index contributed by atoms with van der Waals surface area (Å²) in [6, 6.07) is 6.68. The molecule has 1 aliphatic rings. The van der Waals surface area contributed by atoms with Crippen LogP contribution in [-0.2, 0) is 19.1 Å². The molecule has 0 amide bonds. The number of hydrogen-bond donors (Lipinski definition) is 1. The van der Waals surface area contributed by atoms with Crippen molar-refractivity contribution in [3.63, 3.8) is 0 Å². The minimum atomic E-state index is -4.67. The standard InChI is InChI=1S/C19H15F5N4/c20-12-3-1-11(2-4-12)8-25-15-5-6-16-13(15)10-28(27-16)17-7-18(19(22,23)24)26-9-14(17)21/h1-4,7,9-10,15,25H,5-6,8H2. The molecule has 4 rings (SSSR count). The SMILES string of the molecule is Fc1ccc(CNC2CCc3nn(-c4cc(C(F)(F)F)ncc4F)cc32)cc1. The summed E-state index contributed by atoms with van der Waals surface area (Å²) in [5, 5.41) is 7.58. The van der Waals surface area contributed by atoms with Gasteiger partial charge in [0.2, 0.25) is 0 Å². The number of rotatable bonds is 4. The molecule has 1 atom stereocenters. The van der Waals surface area contributed by atoms with Crippen LogP contribution < -0.4 is 5.32 Å². The van der Waals surface area contributed by atoms with E-state index < -0.39 is 17.7 Å². The molecular weight excluding hydrogens is 379 g/mol. The first kappa shape index (κ1) is 18.5. The highest BCUT2D eigenvalue weighted by Crippen LogP contribution is 2.33. The van der Waals surface area contributed by atoms with E-state index >= 15 is 0 Å². The van der Waals surface area contributed by atoms with Gasteiger partial charge in [-0.1, -0.05) is 12.1 Å². The Morgan fingerprint density at radius 2 is 1.89 bits per heavy atom. The van der Waals surface area contributed by atoms with Gasteiger partial charge in [0.1, 0.15) is 17.2 Å². The van der Waals surface area contributed by atoms with Gasteiger partial charge < -0.3 is 5.32 Å². The number of fused-ring (bicyclic) bond motifs is 1. The van der Waals surface area contributed by atoms with Crippen LogP contribution in [0.1, 0.15) is 35.0 Å². The van der Waals surface area contributed by atoms with Crippen molar-refractivity contribution in [2.45, 2.75) is 31.6 Å². The van der Waals surface area contributed by atoms with Crippen LogP contribution in [0, 0.1) is 11.6 Å². The fourth-order valence-electron chi connectivity index (χ4n) is 3.28. The lowest BCUT2D eigenvalue weighted by Crippen LogP contribution is -2.18. The summed E-state index contributed by atoms with van der Waals surface area (Å²) in [6.45, 7) is 0.497. The maximum absolute atomic E-state index is 14.1. The number of aromatic nitrogens is 3. The first-order valence-corrected chi connectivity index (χ1v) is 8.60. The molecule has 146 valence electrons. The molecular formula is C19H15F5N4. The number of nitrogens with one attached hydrogen (secondary N) is 1. The second-order valence-corrected chi connectivity index (χ2v) is 6.59. The van der Waals surface area contributed by atoms with Gasteiger partial charge in [0.25, 0.3) is 0 Å². The lowest BCUT2D eigenvalue weighted by atomic mass is 10.1. The minimum absolute atomic E-state index is 0.0687. The normalized spacial score (nSPS) is 16.4. The van der Waals surface area contributed by atoms with E-state index in [1.54, 1.807) is 18.3 Å². The van der Waals surface area contributed by atoms with Gasteiger partial charge in [0.05, 0.1) is 11.9 Å². The van der Waals surface area contributed by atoms with Crippen molar-refractivity contribution in [1.29, 1.82) is 0 Å². The van der Waals surface area contributed by atoms with Gasteiger partial charge in [-0.2, -0.15) is 18.3 Å². The summed E-state index contributed by atoms with van der Waals surface area (Å²) >= 11 is 0. The second kappa shape index (κ2) is 6.97. The van der Waals surface area contributed by atoms with Crippen LogP contribution >= 0.6 is 0 Å². The van der Waals surface area contributed by atoms with E-state index in [0.29, 0.717) is 30.9 Å². The van der Waals surface area contributed by atoms with Crippen molar-refractivity contribution in [1.82, 2.24) is 20.1 Å². The predicted octanol–water partition coefficient (Wildman–Crippen LogP) is 4.34. The maximum Gasteiger partial charge on any atom is 0.433 e. The Balaban J connectivity index is 1.56. The minimum Gasteiger partial charge on any atom is -0.306 e. The predicted molar refractivity (Wildman–Crippen MR) is 90.6 cm³/mol. The van der Waals surface area contributed by atoms with Gasteiger partial charge in [0.15, 0.2) is 5.82 Å². The van der Waals surface area contributed by atoms with Crippen molar-refractivity contribution in [3.8, 4) is 5.69 Å². The van der Waals surface area contributed by atoms with Gasteiger partial charge >= 0.3 is 6.18 Å². The van der Waals surface area contributed by atoms with Crippen LogP contribution in [-0.4, -0.2) is 14.8 Å². The number of alkyl halides is 3. The smallest absolute Gasteiger partial charge is 0.306 e. The molecule has 0 aliphatic heterocycles. The van der Waals surface area contributed by atoms with Gasteiger partial charge in [0, 0.05) is 24.3 Å². The van der Waals surface area contributed by atoms with Crippen molar-refractivity contribution < 1.29 is 22.0 Å². The molecule has 3 aromatic rings. The molecule has 1 unspecified atom stereocenters.